The van der Waals surface area contributed by atoms with Crippen molar-refractivity contribution in [1.29, 1.82) is 0 Å². The van der Waals surface area contributed by atoms with Crippen molar-refractivity contribution in [3.63, 3.8) is 0 Å². The molecule has 0 aliphatic heterocycles. The van der Waals surface area contributed by atoms with Gasteiger partial charge in [-0.1, -0.05) is 49.4 Å². The van der Waals surface area contributed by atoms with Crippen LogP contribution in [0.4, 0.5) is 0 Å². The van der Waals surface area contributed by atoms with Crippen molar-refractivity contribution >= 4 is 17.2 Å². The molecule has 0 heterocycles. The van der Waals surface area contributed by atoms with Crippen molar-refractivity contribution in [3.8, 4) is 0 Å². The van der Waals surface area contributed by atoms with Gasteiger partial charge in [0.2, 0.25) is 0 Å². The van der Waals surface area contributed by atoms with Crippen molar-refractivity contribution in [1.82, 2.24) is 0 Å². The van der Waals surface area contributed by atoms with Crippen LogP contribution in [0.25, 0.3) is 10.8 Å². The highest BCUT2D eigenvalue weighted by Crippen LogP contribution is 2.54. The minimum absolute atomic E-state index is 0.297. The summed E-state index contributed by atoms with van der Waals surface area (Å²) in [6.07, 6.45) is 2.21. The molecule has 3 rings (SSSR count). The van der Waals surface area contributed by atoms with Gasteiger partial charge in [-0.25, -0.2) is 0 Å². The van der Waals surface area contributed by atoms with E-state index in [0.29, 0.717) is 24.4 Å². The number of fused-ring (bicyclic) bond motifs is 1. The van der Waals surface area contributed by atoms with E-state index in [2.05, 4.69) is 49.4 Å². The van der Waals surface area contributed by atoms with E-state index in [1.54, 1.807) is 0 Å². The predicted molar refractivity (Wildman–Crippen MR) is 75.9 cm³/mol. The van der Waals surface area contributed by atoms with Gasteiger partial charge in [0.25, 0.3) is 6.47 Å². The number of carbonyl (C=O) groups excluding carboxylic acids is 1. The Hall–Kier alpha value is -1.83. The molecule has 2 nitrogen and oxygen atoms in total. The number of benzene rings is 2. The Labute approximate surface area is 113 Å². The standard InChI is InChI=1S/C17H18O2/c1-17(10-16(17)11-19-12-18)9-13-6-7-14-4-2-3-5-15(14)8-13/h2-8,12,16H,9-11H2,1H3/t16-,17+/m1/s1. The van der Waals surface area contributed by atoms with Gasteiger partial charge in [0.15, 0.2) is 0 Å². The Morgan fingerprint density at radius 1 is 1.26 bits per heavy atom. The van der Waals surface area contributed by atoms with E-state index in [1.807, 2.05) is 0 Å². The van der Waals surface area contributed by atoms with Gasteiger partial charge in [-0.2, -0.15) is 0 Å². The zero-order valence-electron chi connectivity index (χ0n) is 11.1. The van der Waals surface area contributed by atoms with Gasteiger partial charge < -0.3 is 4.74 Å². The molecule has 0 spiro atoms. The Kier molecular flexibility index (Phi) is 3.02. The summed E-state index contributed by atoms with van der Waals surface area (Å²) < 4.78 is 4.88. The molecule has 98 valence electrons. The van der Waals surface area contributed by atoms with Crippen LogP contribution >= 0.6 is 0 Å². The largest absolute Gasteiger partial charge is 0.468 e. The monoisotopic (exact) mass is 254 g/mol. The summed E-state index contributed by atoms with van der Waals surface area (Å²) in [5.41, 5.74) is 1.67. The number of hydrogen-bond acceptors (Lipinski definition) is 2. The Balaban J connectivity index is 1.74. The molecule has 19 heavy (non-hydrogen) atoms. The van der Waals surface area contributed by atoms with E-state index >= 15 is 0 Å². The molecule has 0 amide bonds. The van der Waals surface area contributed by atoms with Gasteiger partial charge in [-0.15, -0.1) is 0 Å². The minimum Gasteiger partial charge on any atom is -0.468 e. The van der Waals surface area contributed by atoms with E-state index < -0.39 is 0 Å². The maximum atomic E-state index is 10.2. The van der Waals surface area contributed by atoms with Crippen LogP contribution in [0.5, 0.6) is 0 Å². The summed E-state index contributed by atoms with van der Waals surface area (Å²) in [6.45, 7) is 3.39. The van der Waals surface area contributed by atoms with Gasteiger partial charge in [0.1, 0.15) is 0 Å². The molecule has 1 saturated carbocycles. The van der Waals surface area contributed by atoms with Crippen LogP contribution in [-0.2, 0) is 16.0 Å². The Morgan fingerprint density at radius 2 is 2.05 bits per heavy atom. The highest BCUT2D eigenvalue weighted by atomic mass is 16.5. The second kappa shape index (κ2) is 4.69. The quantitative estimate of drug-likeness (QED) is 0.762. The normalized spacial score (nSPS) is 25.2. The van der Waals surface area contributed by atoms with Crippen LogP contribution in [0.3, 0.4) is 0 Å². The summed E-state index contributed by atoms with van der Waals surface area (Å²) in [6, 6.07) is 15.1. The highest BCUT2D eigenvalue weighted by Gasteiger charge is 2.49. The predicted octanol–water partition coefficient (Wildman–Crippen LogP) is 3.58. The Bertz CT molecular complexity index is 605. The minimum atomic E-state index is 0.297. The first-order chi connectivity index (χ1) is 9.21. The van der Waals surface area contributed by atoms with E-state index in [0.717, 1.165) is 12.8 Å². The number of ether oxygens (including phenoxy) is 1. The number of carbonyl (C=O) groups is 1. The van der Waals surface area contributed by atoms with Crippen molar-refractivity contribution < 1.29 is 9.53 Å². The first-order valence-corrected chi connectivity index (χ1v) is 6.74. The van der Waals surface area contributed by atoms with Crippen LogP contribution in [-0.4, -0.2) is 13.1 Å². The van der Waals surface area contributed by atoms with Crippen LogP contribution in [0, 0.1) is 11.3 Å². The smallest absolute Gasteiger partial charge is 0.293 e. The lowest BCUT2D eigenvalue weighted by atomic mass is 9.94. The van der Waals surface area contributed by atoms with Crippen LogP contribution in [0.1, 0.15) is 18.9 Å². The second-order valence-electron chi connectivity index (χ2n) is 5.84. The first kappa shape index (κ1) is 12.2. The summed E-state index contributed by atoms with van der Waals surface area (Å²) in [5, 5.41) is 2.58. The second-order valence-corrected chi connectivity index (χ2v) is 5.84. The summed E-state index contributed by atoms with van der Waals surface area (Å²) in [7, 11) is 0. The summed E-state index contributed by atoms with van der Waals surface area (Å²) in [5.74, 6) is 0.518. The van der Waals surface area contributed by atoms with Gasteiger partial charge in [-0.05, 0) is 40.5 Å². The molecule has 1 fully saturated rings. The fourth-order valence-corrected chi connectivity index (χ4v) is 2.95. The molecule has 2 heteroatoms. The van der Waals surface area contributed by atoms with Crippen molar-refractivity contribution in [2.75, 3.05) is 6.61 Å². The molecular formula is C17H18O2. The average Bonchev–Trinajstić information content (AvgIpc) is 3.06. The Morgan fingerprint density at radius 3 is 2.84 bits per heavy atom. The molecule has 2 atom stereocenters. The molecule has 2 aromatic carbocycles. The molecule has 1 aliphatic rings. The van der Waals surface area contributed by atoms with Gasteiger partial charge in [0, 0.05) is 0 Å². The van der Waals surface area contributed by atoms with Crippen LogP contribution in [0.2, 0.25) is 0 Å². The lowest BCUT2D eigenvalue weighted by Gasteiger charge is -2.11. The van der Waals surface area contributed by atoms with Crippen molar-refractivity contribution in [2.45, 2.75) is 19.8 Å². The molecule has 2 aromatic rings. The van der Waals surface area contributed by atoms with E-state index in [4.69, 9.17) is 4.74 Å². The molecular weight excluding hydrogens is 236 g/mol. The van der Waals surface area contributed by atoms with E-state index in [9.17, 15) is 4.79 Å². The highest BCUT2D eigenvalue weighted by molar-refractivity contribution is 5.83. The van der Waals surface area contributed by atoms with Gasteiger partial charge in [-0.3, -0.25) is 4.79 Å². The van der Waals surface area contributed by atoms with Gasteiger partial charge >= 0.3 is 0 Å². The van der Waals surface area contributed by atoms with Crippen molar-refractivity contribution in [2.24, 2.45) is 11.3 Å². The third kappa shape index (κ3) is 2.48. The maximum Gasteiger partial charge on any atom is 0.293 e. The summed E-state index contributed by atoms with van der Waals surface area (Å²) in [4.78, 5) is 10.2. The fourth-order valence-electron chi connectivity index (χ4n) is 2.95. The zero-order valence-corrected chi connectivity index (χ0v) is 11.1. The molecule has 0 N–H and O–H groups in total. The van der Waals surface area contributed by atoms with E-state index in [-0.39, 0.29) is 0 Å². The van der Waals surface area contributed by atoms with Gasteiger partial charge in [0.05, 0.1) is 6.61 Å². The fraction of sp³-hybridized carbons (Fsp3) is 0.353. The maximum absolute atomic E-state index is 10.2. The molecule has 0 aromatic heterocycles. The van der Waals surface area contributed by atoms with Crippen LogP contribution in [0.15, 0.2) is 42.5 Å². The summed E-state index contributed by atoms with van der Waals surface area (Å²) >= 11 is 0. The average molecular weight is 254 g/mol. The number of rotatable bonds is 5. The van der Waals surface area contributed by atoms with Crippen molar-refractivity contribution in [3.05, 3.63) is 48.0 Å². The lowest BCUT2D eigenvalue weighted by molar-refractivity contribution is -0.129. The van der Waals surface area contributed by atoms with Crippen LogP contribution < -0.4 is 0 Å². The zero-order chi connectivity index (χ0) is 13.3. The third-order valence-corrected chi connectivity index (χ3v) is 4.33. The molecule has 0 bridgehead atoms. The SMILES string of the molecule is C[C@]1(Cc2ccc3ccccc3c2)C[C@@H]1COC=O. The first-order valence-electron chi connectivity index (χ1n) is 6.74. The third-order valence-electron chi connectivity index (χ3n) is 4.33. The molecule has 0 unspecified atom stereocenters. The topological polar surface area (TPSA) is 26.3 Å². The number of hydrogen-bond donors (Lipinski definition) is 0. The molecule has 1 aliphatic carbocycles. The van der Waals surface area contributed by atoms with E-state index in [1.165, 1.54) is 16.3 Å². The molecule has 0 saturated heterocycles. The molecule has 0 radical (unpaired) electrons. The lowest BCUT2D eigenvalue weighted by Crippen LogP contribution is -2.07.